The van der Waals surface area contributed by atoms with E-state index in [1.807, 2.05) is 18.2 Å². The van der Waals surface area contributed by atoms with Gasteiger partial charge in [-0.05, 0) is 53.6 Å². The Hall–Kier alpha value is -3.09. The standard InChI is InChI=1S/C26H24BrF2N2O7PS/c1-37-20-5-3-4-17(12-20)15-31(16-18-6-11-22(23(27)13-18)26(28,29)39(32,33)34)25-30-14-24(38-25)19-7-9-21(10-8-19)40(2,35)36/h3-14H,15-16H2,1-2H3,(H2,32,33,34). The van der Waals surface area contributed by atoms with E-state index in [1.165, 1.54) is 30.5 Å². The van der Waals surface area contributed by atoms with Crippen molar-refractivity contribution in [3.8, 4) is 17.1 Å². The van der Waals surface area contributed by atoms with Crippen LogP contribution < -0.4 is 9.64 Å². The molecular weight excluding hydrogens is 633 g/mol. The Bertz CT molecular complexity index is 1670. The van der Waals surface area contributed by atoms with Crippen LogP contribution in [-0.4, -0.2) is 36.6 Å². The van der Waals surface area contributed by atoms with Gasteiger partial charge in [-0.25, -0.2) is 13.4 Å². The van der Waals surface area contributed by atoms with E-state index in [0.717, 1.165) is 17.9 Å². The second kappa shape index (κ2) is 11.4. The highest BCUT2D eigenvalue weighted by Crippen LogP contribution is 2.60. The van der Waals surface area contributed by atoms with Crippen LogP contribution in [0.1, 0.15) is 16.7 Å². The molecule has 0 amide bonds. The molecule has 14 heteroatoms. The SMILES string of the molecule is COc1cccc(CN(Cc2ccc(C(F)(F)P(=O)(O)O)c(Br)c2)c2ncc(-c3ccc(S(C)(=O)=O)cc3)o2)c1. The van der Waals surface area contributed by atoms with Crippen LogP contribution in [0.4, 0.5) is 14.8 Å². The third-order valence-electron chi connectivity index (χ3n) is 5.94. The number of aromatic nitrogens is 1. The fraction of sp³-hybridized carbons (Fsp3) is 0.192. The molecule has 0 aliphatic heterocycles. The summed E-state index contributed by atoms with van der Waals surface area (Å²) in [5.74, 6) is 1.01. The van der Waals surface area contributed by atoms with Gasteiger partial charge in [0.05, 0.1) is 18.2 Å². The van der Waals surface area contributed by atoms with E-state index in [-0.39, 0.29) is 28.5 Å². The summed E-state index contributed by atoms with van der Waals surface area (Å²) in [6, 6.07) is 17.3. The summed E-state index contributed by atoms with van der Waals surface area (Å²) >= 11 is 3.02. The highest BCUT2D eigenvalue weighted by atomic mass is 79.9. The zero-order chi connectivity index (χ0) is 29.3. The van der Waals surface area contributed by atoms with Gasteiger partial charge in [0.1, 0.15) is 5.75 Å². The molecule has 0 atom stereocenters. The van der Waals surface area contributed by atoms with Crippen molar-refractivity contribution in [2.75, 3.05) is 18.3 Å². The molecule has 0 radical (unpaired) electrons. The number of benzene rings is 3. The number of halogens is 3. The highest BCUT2D eigenvalue weighted by Gasteiger charge is 2.51. The molecule has 0 saturated carbocycles. The van der Waals surface area contributed by atoms with E-state index in [1.54, 1.807) is 30.2 Å². The van der Waals surface area contributed by atoms with E-state index in [0.29, 0.717) is 22.6 Å². The van der Waals surface area contributed by atoms with Crippen molar-refractivity contribution in [2.24, 2.45) is 0 Å². The third kappa shape index (κ3) is 6.61. The smallest absolute Gasteiger partial charge is 0.399 e. The van der Waals surface area contributed by atoms with Gasteiger partial charge < -0.3 is 23.8 Å². The van der Waals surface area contributed by atoms with E-state index in [2.05, 4.69) is 20.9 Å². The average molecular weight is 657 g/mol. The summed E-state index contributed by atoms with van der Waals surface area (Å²) < 4.78 is 74.7. The van der Waals surface area contributed by atoms with Crippen LogP contribution >= 0.6 is 23.5 Å². The number of rotatable bonds is 10. The number of hydrogen-bond donors (Lipinski definition) is 2. The Kier molecular flexibility index (Phi) is 8.53. The minimum atomic E-state index is -5.74. The zero-order valence-corrected chi connectivity index (χ0v) is 24.5. The molecule has 4 aromatic rings. The minimum absolute atomic E-state index is 0.130. The minimum Gasteiger partial charge on any atom is -0.497 e. The van der Waals surface area contributed by atoms with Crippen molar-refractivity contribution in [3.05, 3.63) is 94.1 Å². The van der Waals surface area contributed by atoms with Gasteiger partial charge in [-0.3, -0.25) is 4.57 Å². The van der Waals surface area contributed by atoms with Crippen LogP contribution in [0.25, 0.3) is 11.3 Å². The van der Waals surface area contributed by atoms with Crippen molar-refractivity contribution >= 4 is 39.4 Å². The van der Waals surface area contributed by atoms with E-state index < -0.39 is 28.7 Å². The van der Waals surface area contributed by atoms with E-state index >= 15 is 0 Å². The molecule has 9 nitrogen and oxygen atoms in total. The first-order valence-corrected chi connectivity index (χ1v) is 15.9. The lowest BCUT2D eigenvalue weighted by molar-refractivity contribution is 0.0557. The van der Waals surface area contributed by atoms with Crippen LogP contribution in [0, 0.1) is 0 Å². The second-order valence-electron chi connectivity index (χ2n) is 8.91. The molecule has 0 spiro atoms. The number of nitrogens with zero attached hydrogens (tertiary/aromatic N) is 2. The normalized spacial score (nSPS) is 12.4. The number of ether oxygens (including phenoxy) is 1. The number of methoxy groups -OCH3 is 1. The molecule has 212 valence electrons. The average Bonchev–Trinajstić information content (AvgIpc) is 3.38. The lowest BCUT2D eigenvalue weighted by Gasteiger charge is -2.23. The quantitative estimate of drug-likeness (QED) is 0.199. The van der Waals surface area contributed by atoms with Crippen LogP contribution in [0.3, 0.4) is 0 Å². The van der Waals surface area contributed by atoms with Gasteiger partial charge in [0.2, 0.25) is 0 Å². The van der Waals surface area contributed by atoms with Crippen molar-refractivity contribution < 1.29 is 40.7 Å². The summed E-state index contributed by atoms with van der Waals surface area (Å²) in [7, 11) is -7.57. The monoisotopic (exact) mass is 656 g/mol. The number of sulfone groups is 1. The summed E-state index contributed by atoms with van der Waals surface area (Å²) in [5, 5.41) is 0. The van der Waals surface area contributed by atoms with Crippen molar-refractivity contribution in [1.82, 2.24) is 4.98 Å². The molecule has 0 unspecified atom stereocenters. The van der Waals surface area contributed by atoms with E-state index in [4.69, 9.17) is 18.9 Å². The predicted molar refractivity (Wildman–Crippen MR) is 148 cm³/mol. The Labute approximate surface area is 237 Å². The van der Waals surface area contributed by atoms with Crippen LogP contribution in [-0.2, 0) is 33.2 Å². The first kappa shape index (κ1) is 29.9. The number of alkyl halides is 2. The topological polar surface area (TPSA) is 130 Å². The summed E-state index contributed by atoms with van der Waals surface area (Å²) in [5.41, 5.74) is -3.24. The maximum atomic E-state index is 14.3. The molecule has 1 heterocycles. The van der Waals surface area contributed by atoms with Gasteiger partial charge in [-0.15, -0.1) is 0 Å². The Morgan fingerprint density at radius 2 is 1.70 bits per heavy atom. The molecule has 2 N–H and O–H groups in total. The first-order valence-electron chi connectivity index (χ1n) is 11.6. The number of oxazole rings is 1. The van der Waals surface area contributed by atoms with Gasteiger partial charge in [-0.1, -0.05) is 40.2 Å². The van der Waals surface area contributed by atoms with E-state index in [9.17, 15) is 21.8 Å². The van der Waals surface area contributed by atoms with Crippen LogP contribution in [0.5, 0.6) is 5.75 Å². The van der Waals surface area contributed by atoms with Crippen molar-refractivity contribution in [3.63, 3.8) is 0 Å². The fourth-order valence-electron chi connectivity index (χ4n) is 3.87. The molecular formula is C26H24BrF2N2O7PS. The molecule has 0 fully saturated rings. The highest BCUT2D eigenvalue weighted by molar-refractivity contribution is 9.10. The second-order valence-corrected chi connectivity index (χ2v) is 13.4. The van der Waals surface area contributed by atoms with Crippen LogP contribution in [0.2, 0.25) is 0 Å². The lowest BCUT2D eigenvalue weighted by Crippen LogP contribution is -2.23. The van der Waals surface area contributed by atoms with Crippen LogP contribution in [0.15, 0.2) is 86.7 Å². The summed E-state index contributed by atoms with van der Waals surface area (Å²) in [4.78, 5) is 24.5. The molecule has 0 saturated heterocycles. The molecule has 4 rings (SSSR count). The predicted octanol–water partition coefficient (Wildman–Crippen LogP) is 5.95. The Morgan fingerprint density at radius 1 is 1.05 bits per heavy atom. The maximum absolute atomic E-state index is 14.3. The van der Waals surface area contributed by atoms with Gasteiger partial charge in [0, 0.05) is 34.9 Å². The molecule has 3 aromatic carbocycles. The number of anilines is 1. The largest absolute Gasteiger partial charge is 0.497 e. The van der Waals surface area contributed by atoms with Gasteiger partial charge in [0.25, 0.3) is 6.01 Å². The summed E-state index contributed by atoms with van der Waals surface area (Å²) in [6.07, 6.45) is 2.60. The maximum Gasteiger partial charge on any atom is 0.399 e. The van der Waals surface area contributed by atoms with Crippen molar-refractivity contribution in [1.29, 1.82) is 0 Å². The molecule has 0 aliphatic carbocycles. The molecule has 0 bridgehead atoms. The van der Waals surface area contributed by atoms with Gasteiger partial charge in [0.15, 0.2) is 15.6 Å². The fourth-order valence-corrected chi connectivity index (χ4v) is 5.84. The lowest BCUT2D eigenvalue weighted by atomic mass is 10.1. The Balaban J connectivity index is 1.68. The van der Waals surface area contributed by atoms with Gasteiger partial charge in [-0.2, -0.15) is 8.78 Å². The molecule has 1 aromatic heterocycles. The zero-order valence-electron chi connectivity index (χ0n) is 21.2. The van der Waals surface area contributed by atoms with Crippen molar-refractivity contribution in [2.45, 2.75) is 23.6 Å². The summed E-state index contributed by atoms with van der Waals surface area (Å²) in [6.45, 7) is 0.409. The third-order valence-corrected chi connectivity index (χ3v) is 8.69. The molecule has 40 heavy (non-hydrogen) atoms. The number of hydrogen-bond acceptors (Lipinski definition) is 7. The Morgan fingerprint density at radius 3 is 2.27 bits per heavy atom. The first-order chi connectivity index (χ1) is 18.7. The molecule has 0 aliphatic rings. The van der Waals surface area contributed by atoms with Gasteiger partial charge >= 0.3 is 13.3 Å².